The number of allylic oxidation sites excluding steroid dienone is 6. The molecule has 0 aliphatic heterocycles. The van der Waals surface area contributed by atoms with Gasteiger partial charge in [0.15, 0.2) is 5.78 Å². The number of unbranched alkanes of at least 4 members (excludes halogenated alkanes) is 2. The zero-order valence-electron chi connectivity index (χ0n) is 16.4. The third-order valence-electron chi connectivity index (χ3n) is 4.93. The molecule has 1 unspecified atom stereocenters. The average molecular weight is 534 g/mol. The van der Waals surface area contributed by atoms with Gasteiger partial charge in [0, 0.05) is 17.3 Å². The van der Waals surface area contributed by atoms with Crippen LogP contribution in [-0.2, 0) is 4.79 Å². The molecule has 0 saturated heterocycles. The highest BCUT2D eigenvalue weighted by atomic mass is 79.9. The van der Waals surface area contributed by atoms with E-state index in [9.17, 15) is 4.79 Å². The van der Waals surface area contributed by atoms with Crippen molar-refractivity contribution in [1.82, 2.24) is 0 Å². The van der Waals surface area contributed by atoms with Gasteiger partial charge in [-0.05, 0) is 49.3 Å². The van der Waals surface area contributed by atoms with Crippen LogP contribution in [0.5, 0.6) is 0 Å². The van der Waals surface area contributed by atoms with Crippen molar-refractivity contribution in [2.45, 2.75) is 31.3 Å². The van der Waals surface area contributed by atoms with Gasteiger partial charge in [0.25, 0.3) is 0 Å². The fraction of sp³-hybridized carbons (Fsp3) is 0.240. The highest BCUT2D eigenvalue weighted by Gasteiger charge is 2.33. The number of halogens is 2. The van der Waals surface area contributed by atoms with E-state index in [0.717, 1.165) is 30.2 Å². The first kappa shape index (κ1) is 24.0. The van der Waals surface area contributed by atoms with Crippen LogP contribution in [0.4, 0.5) is 0 Å². The summed E-state index contributed by atoms with van der Waals surface area (Å²) in [6, 6.07) is 21.5. The van der Waals surface area contributed by atoms with Crippen molar-refractivity contribution in [2.75, 3.05) is 5.33 Å². The second-order valence-corrected chi connectivity index (χ2v) is 10.4. The quantitative estimate of drug-likeness (QED) is 0.210. The molecule has 1 nitrogen and oxygen atoms in total. The summed E-state index contributed by atoms with van der Waals surface area (Å²) in [4.78, 5) is 12.6. The summed E-state index contributed by atoms with van der Waals surface area (Å²) in [7, 11) is -1.09. The Morgan fingerprint density at radius 3 is 2.10 bits per heavy atom. The summed E-state index contributed by atoms with van der Waals surface area (Å²) >= 11 is 3.45. The van der Waals surface area contributed by atoms with Gasteiger partial charge in [0.2, 0.25) is 0 Å². The van der Waals surface area contributed by atoms with Gasteiger partial charge in [-0.3, -0.25) is 4.79 Å². The molecule has 1 aliphatic rings. The summed E-state index contributed by atoms with van der Waals surface area (Å²) in [6.07, 6.45) is 14.3. The van der Waals surface area contributed by atoms with Crippen LogP contribution in [0.3, 0.4) is 0 Å². The van der Waals surface area contributed by atoms with E-state index in [4.69, 9.17) is 0 Å². The highest BCUT2D eigenvalue weighted by Crippen LogP contribution is 2.45. The van der Waals surface area contributed by atoms with E-state index < -0.39 is 7.92 Å². The molecule has 0 amide bonds. The van der Waals surface area contributed by atoms with E-state index in [0.29, 0.717) is 6.42 Å². The number of rotatable bonds is 9. The minimum absolute atomic E-state index is 0. The lowest BCUT2D eigenvalue weighted by Crippen LogP contribution is -3.00. The Balaban J connectivity index is 0.00000300. The number of carbonyl (C=O) groups excluding carboxylic acids is 1. The monoisotopic (exact) mass is 532 g/mol. The molecule has 2 aromatic rings. The molecular weight excluding hydrogens is 507 g/mol. The third kappa shape index (κ3) is 7.17. The number of benzene rings is 2. The standard InChI is InChI=1S/C25H26BrOP.BrH/c26-19-11-3-4-13-22(27)20-21-12-9-10-18-25(21)28(23-14-5-1-6-15-23)24-16-7-2-8-17-24;/h1-2,5-10,12,14-18,20,25H,3-4,11,13,19H2;1H. The van der Waals surface area contributed by atoms with E-state index in [-0.39, 0.29) is 28.4 Å². The van der Waals surface area contributed by atoms with Gasteiger partial charge in [-0.25, -0.2) is 0 Å². The predicted octanol–water partition coefficient (Wildman–Crippen LogP) is 2.80. The van der Waals surface area contributed by atoms with Gasteiger partial charge in [-0.2, -0.15) is 0 Å². The summed E-state index contributed by atoms with van der Waals surface area (Å²) in [5.74, 6) is 0.247. The molecule has 0 N–H and O–H groups in total. The van der Waals surface area contributed by atoms with Gasteiger partial charge < -0.3 is 17.0 Å². The first-order valence-electron chi connectivity index (χ1n) is 9.92. The lowest BCUT2D eigenvalue weighted by atomic mass is 10.0. The summed E-state index contributed by atoms with van der Waals surface area (Å²) in [5.41, 5.74) is 1.40. The van der Waals surface area contributed by atoms with Gasteiger partial charge in [-0.1, -0.05) is 77.0 Å². The van der Waals surface area contributed by atoms with Crippen molar-refractivity contribution in [3.8, 4) is 0 Å². The molecule has 0 aromatic heterocycles. The highest BCUT2D eigenvalue weighted by molar-refractivity contribution is 9.09. The number of hydrogen-bond acceptors (Lipinski definition) is 1. The van der Waals surface area contributed by atoms with Crippen LogP contribution in [0.25, 0.3) is 0 Å². The van der Waals surface area contributed by atoms with Gasteiger partial charge >= 0.3 is 0 Å². The second kappa shape index (κ2) is 13.1. The first-order chi connectivity index (χ1) is 13.8. The maximum absolute atomic E-state index is 12.6. The van der Waals surface area contributed by atoms with E-state index in [1.807, 2.05) is 6.08 Å². The molecule has 3 rings (SSSR count). The number of hydrogen-bond donors (Lipinski definition) is 0. The van der Waals surface area contributed by atoms with Crippen LogP contribution in [0, 0.1) is 0 Å². The number of ketones is 1. The lowest BCUT2D eigenvalue weighted by Gasteiger charge is -2.21. The summed E-state index contributed by atoms with van der Waals surface area (Å²) in [5, 5.41) is 3.76. The maximum atomic E-state index is 12.6. The van der Waals surface area contributed by atoms with Crippen LogP contribution in [0.1, 0.15) is 25.7 Å². The third-order valence-corrected chi connectivity index (χ3v) is 8.55. The Kier molecular flexibility index (Phi) is 10.8. The molecule has 2 aromatic carbocycles. The van der Waals surface area contributed by atoms with Crippen LogP contribution >= 0.6 is 23.9 Å². The van der Waals surface area contributed by atoms with E-state index in [2.05, 4.69) is 101 Å². The zero-order chi connectivity index (χ0) is 19.6. The van der Waals surface area contributed by atoms with Gasteiger partial charge in [0.05, 0.1) is 18.5 Å². The molecule has 0 heterocycles. The van der Waals surface area contributed by atoms with Crippen molar-refractivity contribution in [2.24, 2.45) is 0 Å². The summed E-state index contributed by atoms with van der Waals surface area (Å²) < 4.78 is 0. The maximum Gasteiger partial charge on any atom is 0.156 e. The van der Waals surface area contributed by atoms with E-state index >= 15 is 0 Å². The minimum atomic E-state index is -1.09. The smallest absolute Gasteiger partial charge is 0.156 e. The molecular formula is C25H27Br2OP. The Bertz CT molecular complexity index is 804. The molecule has 0 fully saturated rings. The molecule has 4 heteroatoms. The lowest BCUT2D eigenvalue weighted by molar-refractivity contribution is -0.114. The van der Waals surface area contributed by atoms with E-state index in [1.165, 1.54) is 10.6 Å². The SMILES string of the molecule is O=C(C=C1C=CC=CC1[PH+](c1ccccc1)c1ccccc1)CCCCCBr.[Br-]. The molecule has 1 atom stereocenters. The molecule has 0 radical (unpaired) electrons. The molecule has 29 heavy (non-hydrogen) atoms. The van der Waals surface area contributed by atoms with Crippen LogP contribution in [-0.4, -0.2) is 16.8 Å². The zero-order valence-corrected chi connectivity index (χ0v) is 20.6. The minimum Gasteiger partial charge on any atom is -1.00 e. The van der Waals surface area contributed by atoms with Crippen molar-refractivity contribution in [3.05, 3.63) is 96.6 Å². The van der Waals surface area contributed by atoms with Crippen molar-refractivity contribution < 1.29 is 21.8 Å². The topological polar surface area (TPSA) is 17.1 Å². The Morgan fingerprint density at radius 1 is 0.897 bits per heavy atom. The fourth-order valence-corrected chi connectivity index (χ4v) is 6.91. The molecule has 0 spiro atoms. The Hall–Kier alpha value is -1.28. The van der Waals surface area contributed by atoms with Crippen molar-refractivity contribution in [1.29, 1.82) is 0 Å². The largest absolute Gasteiger partial charge is 1.00 e. The van der Waals surface area contributed by atoms with Crippen LogP contribution in [0.15, 0.2) is 96.6 Å². The number of alkyl halides is 1. The fourth-order valence-electron chi connectivity index (χ4n) is 3.55. The Labute approximate surface area is 194 Å². The summed E-state index contributed by atoms with van der Waals surface area (Å²) in [6.45, 7) is 0. The van der Waals surface area contributed by atoms with Crippen LogP contribution < -0.4 is 27.6 Å². The second-order valence-electron chi connectivity index (χ2n) is 6.98. The van der Waals surface area contributed by atoms with E-state index in [1.54, 1.807) is 0 Å². The Morgan fingerprint density at radius 2 is 1.52 bits per heavy atom. The van der Waals surface area contributed by atoms with Crippen molar-refractivity contribution >= 4 is 40.2 Å². The van der Waals surface area contributed by atoms with Crippen molar-refractivity contribution in [3.63, 3.8) is 0 Å². The molecule has 0 saturated carbocycles. The molecule has 1 aliphatic carbocycles. The van der Waals surface area contributed by atoms with Gasteiger partial charge in [-0.15, -0.1) is 0 Å². The number of carbonyl (C=O) groups is 1. The first-order valence-corrected chi connectivity index (χ1v) is 12.6. The van der Waals surface area contributed by atoms with Gasteiger partial charge in [0.1, 0.15) is 5.66 Å². The molecule has 0 bridgehead atoms. The normalized spacial score (nSPS) is 16.8. The predicted molar refractivity (Wildman–Crippen MR) is 128 cm³/mol. The molecule has 152 valence electrons. The van der Waals surface area contributed by atoms with Crippen LogP contribution in [0.2, 0.25) is 0 Å². The average Bonchev–Trinajstić information content (AvgIpc) is 2.74.